The lowest BCUT2D eigenvalue weighted by Crippen LogP contribution is -2.25. The van der Waals surface area contributed by atoms with Crippen LogP contribution in [0.15, 0.2) is 0 Å². The van der Waals surface area contributed by atoms with E-state index in [4.69, 9.17) is 5.73 Å². The third kappa shape index (κ3) is 6.68. The summed E-state index contributed by atoms with van der Waals surface area (Å²) in [5.41, 5.74) is 5.15. The number of hydrogen-bond donors (Lipinski definition) is 1. The summed E-state index contributed by atoms with van der Waals surface area (Å²) < 4.78 is 0. The predicted molar refractivity (Wildman–Crippen MR) is 59.6 cm³/mol. The molecule has 0 rings (SSSR count). The van der Waals surface area contributed by atoms with E-state index >= 15 is 0 Å². The van der Waals surface area contributed by atoms with Gasteiger partial charge in [0.15, 0.2) is 0 Å². The fourth-order valence-electron chi connectivity index (χ4n) is 1.15. The zero-order valence-electron chi connectivity index (χ0n) is 10.2. The molecule has 6 nitrogen and oxygen atoms in total. The van der Waals surface area contributed by atoms with Crippen molar-refractivity contribution in [1.82, 2.24) is 0 Å². The lowest BCUT2D eigenvalue weighted by Gasteiger charge is -2.10. The fourth-order valence-corrected chi connectivity index (χ4v) is 1.15. The third-order valence-corrected chi connectivity index (χ3v) is 2.20. The van der Waals surface area contributed by atoms with Crippen LogP contribution in [0.3, 0.4) is 0 Å². The SMILES string of the molecule is CCCC(=O)OOC(=O)C(CC)CC(=O)CN. The van der Waals surface area contributed by atoms with Gasteiger partial charge in [-0.15, -0.1) is 0 Å². The molecule has 0 heterocycles. The molecule has 0 aliphatic rings. The van der Waals surface area contributed by atoms with Crippen molar-refractivity contribution >= 4 is 17.7 Å². The van der Waals surface area contributed by atoms with Gasteiger partial charge in [-0.1, -0.05) is 13.8 Å². The van der Waals surface area contributed by atoms with Crippen LogP contribution in [0.5, 0.6) is 0 Å². The highest BCUT2D eigenvalue weighted by molar-refractivity contribution is 5.85. The van der Waals surface area contributed by atoms with Gasteiger partial charge in [-0.3, -0.25) is 4.79 Å². The first kappa shape index (κ1) is 15.6. The number of ketones is 1. The van der Waals surface area contributed by atoms with E-state index in [1.165, 1.54) is 0 Å². The van der Waals surface area contributed by atoms with Gasteiger partial charge in [0.2, 0.25) is 0 Å². The summed E-state index contributed by atoms with van der Waals surface area (Å²) >= 11 is 0. The largest absolute Gasteiger partial charge is 0.359 e. The van der Waals surface area contributed by atoms with Gasteiger partial charge < -0.3 is 5.73 Å². The normalized spacial score (nSPS) is 11.7. The van der Waals surface area contributed by atoms with Crippen molar-refractivity contribution in [3.8, 4) is 0 Å². The van der Waals surface area contributed by atoms with Gasteiger partial charge >= 0.3 is 11.9 Å². The van der Waals surface area contributed by atoms with E-state index < -0.39 is 17.9 Å². The summed E-state index contributed by atoms with van der Waals surface area (Å²) in [6, 6.07) is 0. The Hall–Kier alpha value is -1.43. The van der Waals surface area contributed by atoms with Gasteiger partial charge in [-0.2, -0.15) is 0 Å². The molecule has 0 aromatic carbocycles. The summed E-state index contributed by atoms with van der Waals surface area (Å²) in [6.45, 7) is 3.43. The van der Waals surface area contributed by atoms with Crippen LogP contribution < -0.4 is 5.73 Å². The third-order valence-electron chi connectivity index (χ3n) is 2.20. The standard InChI is InChI=1S/C11H19NO5/c1-3-5-10(14)16-17-11(15)8(4-2)6-9(13)7-12/h8H,3-7,12H2,1-2H3. The van der Waals surface area contributed by atoms with E-state index in [0.717, 1.165) is 0 Å². The minimum absolute atomic E-state index is 0.0111. The predicted octanol–water partition coefficient (Wildman–Crippen LogP) is 0.732. The maximum atomic E-state index is 11.4. The maximum Gasteiger partial charge on any atom is 0.359 e. The first-order valence-electron chi connectivity index (χ1n) is 5.68. The average Bonchev–Trinajstić information content (AvgIpc) is 2.32. The number of nitrogens with two attached hydrogens (primary N) is 1. The molecule has 0 fully saturated rings. The molecule has 1 unspecified atom stereocenters. The van der Waals surface area contributed by atoms with Crippen LogP contribution in [0.4, 0.5) is 0 Å². The highest BCUT2D eigenvalue weighted by Gasteiger charge is 2.23. The molecule has 0 saturated heterocycles. The van der Waals surface area contributed by atoms with Gasteiger partial charge in [0, 0.05) is 12.8 Å². The summed E-state index contributed by atoms with van der Waals surface area (Å²) in [5.74, 6) is -2.14. The Bertz CT molecular complexity index is 277. The minimum atomic E-state index is -0.709. The molecule has 0 aliphatic carbocycles. The van der Waals surface area contributed by atoms with Crippen LogP contribution >= 0.6 is 0 Å². The number of carbonyl (C=O) groups excluding carboxylic acids is 3. The molecule has 0 aliphatic heterocycles. The van der Waals surface area contributed by atoms with Crippen LogP contribution in [-0.4, -0.2) is 24.3 Å². The molecule has 0 radical (unpaired) electrons. The molecule has 0 bridgehead atoms. The molecule has 1 atom stereocenters. The Morgan fingerprint density at radius 1 is 1.18 bits per heavy atom. The maximum absolute atomic E-state index is 11.4. The lowest BCUT2D eigenvalue weighted by atomic mass is 10.00. The first-order chi connectivity index (χ1) is 8.04. The molecular weight excluding hydrogens is 226 g/mol. The average molecular weight is 245 g/mol. The minimum Gasteiger partial charge on any atom is -0.324 e. The van der Waals surface area contributed by atoms with E-state index in [9.17, 15) is 14.4 Å². The van der Waals surface area contributed by atoms with Crippen LogP contribution in [0.25, 0.3) is 0 Å². The highest BCUT2D eigenvalue weighted by atomic mass is 17.2. The van der Waals surface area contributed by atoms with Gasteiger partial charge in [-0.25, -0.2) is 19.4 Å². The lowest BCUT2D eigenvalue weighted by molar-refractivity contribution is -0.262. The van der Waals surface area contributed by atoms with Crippen molar-refractivity contribution in [2.24, 2.45) is 11.7 Å². The number of carbonyl (C=O) groups is 3. The van der Waals surface area contributed by atoms with Crippen molar-refractivity contribution in [2.45, 2.75) is 39.5 Å². The number of hydrogen-bond acceptors (Lipinski definition) is 6. The summed E-state index contributed by atoms with van der Waals surface area (Å²) in [5, 5.41) is 0. The zero-order valence-corrected chi connectivity index (χ0v) is 10.2. The molecule has 17 heavy (non-hydrogen) atoms. The zero-order chi connectivity index (χ0) is 13.3. The quantitative estimate of drug-likeness (QED) is 0.524. The Morgan fingerprint density at radius 2 is 1.82 bits per heavy atom. The van der Waals surface area contributed by atoms with Gasteiger partial charge in [-0.05, 0) is 12.8 Å². The topological polar surface area (TPSA) is 95.7 Å². The number of Topliss-reactive ketones (excluding diaryl/α,β-unsaturated/α-hetero) is 1. The Morgan fingerprint density at radius 3 is 2.29 bits per heavy atom. The second kappa shape index (κ2) is 8.69. The monoisotopic (exact) mass is 245 g/mol. The van der Waals surface area contributed by atoms with Crippen molar-refractivity contribution in [3.63, 3.8) is 0 Å². The van der Waals surface area contributed by atoms with E-state index in [1.807, 2.05) is 0 Å². The molecule has 6 heteroatoms. The van der Waals surface area contributed by atoms with Gasteiger partial charge in [0.1, 0.15) is 5.78 Å². The molecule has 98 valence electrons. The summed E-state index contributed by atoms with van der Waals surface area (Å²) in [7, 11) is 0. The van der Waals surface area contributed by atoms with E-state index in [2.05, 4.69) is 9.78 Å². The van der Waals surface area contributed by atoms with E-state index in [-0.39, 0.29) is 25.2 Å². The molecule has 2 N–H and O–H groups in total. The molecule has 0 aromatic heterocycles. The van der Waals surface area contributed by atoms with Crippen molar-refractivity contribution in [3.05, 3.63) is 0 Å². The summed E-state index contributed by atoms with van der Waals surface area (Å²) in [6.07, 6.45) is 1.23. The van der Waals surface area contributed by atoms with Crippen molar-refractivity contribution < 1.29 is 24.2 Å². The van der Waals surface area contributed by atoms with Crippen molar-refractivity contribution in [1.29, 1.82) is 0 Å². The van der Waals surface area contributed by atoms with Gasteiger partial charge in [0.05, 0.1) is 12.5 Å². The second-order valence-electron chi connectivity index (χ2n) is 3.66. The van der Waals surface area contributed by atoms with Crippen molar-refractivity contribution in [2.75, 3.05) is 6.54 Å². The van der Waals surface area contributed by atoms with Crippen LogP contribution in [-0.2, 0) is 24.2 Å². The summed E-state index contributed by atoms with van der Waals surface area (Å²) in [4.78, 5) is 42.2. The van der Waals surface area contributed by atoms with E-state index in [0.29, 0.717) is 12.8 Å². The Labute approximate surface area is 100 Å². The molecule has 0 spiro atoms. The molecule has 0 saturated carbocycles. The Balaban J connectivity index is 4.08. The Kier molecular flexibility index (Phi) is 7.96. The smallest absolute Gasteiger partial charge is 0.324 e. The van der Waals surface area contributed by atoms with Crippen LogP contribution in [0.1, 0.15) is 39.5 Å². The first-order valence-corrected chi connectivity index (χ1v) is 5.68. The van der Waals surface area contributed by atoms with Crippen LogP contribution in [0, 0.1) is 5.92 Å². The second-order valence-corrected chi connectivity index (χ2v) is 3.66. The molecule has 0 aromatic rings. The number of rotatable bonds is 7. The fraction of sp³-hybridized carbons (Fsp3) is 0.727. The van der Waals surface area contributed by atoms with E-state index in [1.54, 1.807) is 13.8 Å². The molecular formula is C11H19NO5. The van der Waals surface area contributed by atoms with Crippen LogP contribution in [0.2, 0.25) is 0 Å². The highest BCUT2D eigenvalue weighted by Crippen LogP contribution is 2.11. The van der Waals surface area contributed by atoms with Gasteiger partial charge in [0.25, 0.3) is 0 Å². The molecule has 0 amide bonds.